The van der Waals surface area contributed by atoms with Gasteiger partial charge in [0.1, 0.15) is 0 Å². The number of carbonyl (C=O) groups is 1. The van der Waals surface area contributed by atoms with Crippen LogP contribution in [-0.4, -0.2) is 51.5 Å². The lowest BCUT2D eigenvalue weighted by Gasteiger charge is -2.34. The number of ether oxygens (including phenoxy) is 1. The minimum Gasteiger partial charge on any atom is -0.465 e. The number of nitrogens with zero attached hydrogens (tertiary/aromatic N) is 1. The van der Waals surface area contributed by atoms with Gasteiger partial charge in [0.15, 0.2) is 0 Å². The number of hydrogen-bond donors (Lipinski definition) is 1. The molecule has 0 amide bonds. The number of piperidine rings is 1. The summed E-state index contributed by atoms with van der Waals surface area (Å²) >= 11 is 0. The second-order valence-electron chi connectivity index (χ2n) is 6.92. The van der Waals surface area contributed by atoms with E-state index in [-0.39, 0.29) is 10.5 Å². The first-order chi connectivity index (χ1) is 11.9. The zero-order valence-electron chi connectivity index (χ0n) is 14.8. The van der Waals surface area contributed by atoms with E-state index in [0.717, 1.165) is 19.4 Å². The summed E-state index contributed by atoms with van der Waals surface area (Å²) in [5.41, 5.74) is 0.906. The SMILES string of the molecule is COC(=O)c1ccc(C)c(S(=O)(=O)N2CCC(C3CCCN3)CC2)c1. The minimum absolute atomic E-state index is 0.202. The number of rotatable bonds is 4. The molecule has 0 radical (unpaired) electrons. The quantitative estimate of drug-likeness (QED) is 0.824. The summed E-state index contributed by atoms with van der Waals surface area (Å²) in [7, 11) is -2.31. The van der Waals surface area contributed by atoms with Crippen molar-refractivity contribution in [2.24, 2.45) is 5.92 Å². The lowest BCUT2D eigenvalue weighted by molar-refractivity contribution is 0.0600. The number of aryl methyl sites for hydroxylation is 1. The Morgan fingerprint density at radius 2 is 1.96 bits per heavy atom. The van der Waals surface area contributed by atoms with Crippen LogP contribution < -0.4 is 5.32 Å². The van der Waals surface area contributed by atoms with E-state index in [0.29, 0.717) is 30.6 Å². The molecule has 1 aromatic rings. The van der Waals surface area contributed by atoms with E-state index in [9.17, 15) is 13.2 Å². The molecular weight excluding hydrogens is 340 g/mol. The summed E-state index contributed by atoms with van der Waals surface area (Å²) in [5, 5.41) is 3.53. The van der Waals surface area contributed by atoms with Crippen LogP contribution in [0.5, 0.6) is 0 Å². The molecule has 2 saturated heterocycles. The van der Waals surface area contributed by atoms with Crippen LogP contribution in [0.15, 0.2) is 23.1 Å². The Bertz CT molecular complexity index is 733. The highest BCUT2D eigenvalue weighted by molar-refractivity contribution is 7.89. The molecule has 0 aliphatic carbocycles. The number of hydrogen-bond acceptors (Lipinski definition) is 5. The third kappa shape index (κ3) is 3.73. The molecule has 7 heteroatoms. The standard InChI is InChI=1S/C18H26N2O4S/c1-13-5-6-15(18(21)24-2)12-17(13)25(22,23)20-10-7-14(8-11-20)16-4-3-9-19-16/h5-6,12,14,16,19H,3-4,7-11H2,1-2H3. The van der Waals surface area contributed by atoms with Crippen molar-refractivity contribution in [3.63, 3.8) is 0 Å². The Morgan fingerprint density at radius 3 is 2.56 bits per heavy atom. The van der Waals surface area contributed by atoms with Crippen LogP contribution in [-0.2, 0) is 14.8 Å². The van der Waals surface area contributed by atoms with Gasteiger partial charge in [-0.3, -0.25) is 0 Å². The van der Waals surface area contributed by atoms with Crippen LogP contribution in [0.4, 0.5) is 0 Å². The van der Waals surface area contributed by atoms with Crippen molar-refractivity contribution >= 4 is 16.0 Å². The zero-order valence-corrected chi connectivity index (χ0v) is 15.6. The highest BCUT2D eigenvalue weighted by atomic mass is 32.2. The number of sulfonamides is 1. The molecule has 2 aliphatic heterocycles. The van der Waals surface area contributed by atoms with E-state index in [1.807, 2.05) is 0 Å². The van der Waals surface area contributed by atoms with Gasteiger partial charge in [-0.05, 0) is 62.8 Å². The third-order valence-electron chi connectivity index (χ3n) is 5.39. The van der Waals surface area contributed by atoms with Crippen molar-refractivity contribution in [3.05, 3.63) is 29.3 Å². The van der Waals surface area contributed by atoms with Crippen LogP contribution in [0.3, 0.4) is 0 Å². The minimum atomic E-state index is -3.60. The molecule has 0 spiro atoms. The van der Waals surface area contributed by atoms with Crippen molar-refractivity contribution in [3.8, 4) is 0 Å². The molecule has 3 rings (SSSR count). The van der Waals surface area contributed by atoms with E-state index in [1.54, 1.807) is 23.4 Å². The van der Waals surface area contributed by atoms with Crippen molar-refractivity contribution in [1.82, 2.24) is 9.62 Å². The van der Waals surface area contributed by atoms with Crippen LogP contribution in [0.1, 0.15) is 41.6 Å². The first-order valence-corrected chi connectivity index (χ1v) is 10.3. The summed E-state index contributed by atoms with van der Waals surface area (Å²) in [5.74, 6) is 0.0268. The maximum atomic E-state index is 13.1. The molecule has 25 heavy (non-hydrogen) atoms. The molecule has 1 atom stereocenters. The molecule has 0 bridgehead atoms. The van der Waals surface area contributed by atoms with E-state index < -0.39 is 16.0 Å². The molecule has 2 fully saturated rings. The second kappa shape index (κ2) is 7.43. The van der Waals surface area contributed by atoms with Crippen LogP contribution in [0.2, 0.25) is 0 Å². The molecule has 6 nitrogen and oxygen atoms in total. The normalized spacial score (nSPS) is 22.9. The lowest BCUT2D eigenvalue weighted by Crippen LogP contribution is -2.43. The summed E-state index contributed by atoms with van der Waals surface area (Å²) in [6, 6.07) is 5.22. The fraction of sp³-hybridized carbons (Fsp3) is 0.611. The highest BCUT2D eigenvalue weighted by Crippen LogP contribution is 2.30. The van der Waals surface area contributed by atoms with Crippen molar-refractivity contribution < 1.29 is 17.9 Å². The lowest BCUT2D eigenvalue weighted by atomic mass is 9.89. The third-order valence-corrected chi connectivity index (χ3v) is 7.43. The van der Waals surface area contributed by atoms with Crippen molar-refractivity contribution in [1.29, 1.82) is 0 Å². The van der Waals surface area contributed by atoms with E-state index in [2.05, 4.69) is 5.32 Å². The Hall–Kier alpha value is -1.44. The van der Waals surface area contributed by atoms with E-state index in [4.69, 9.17) is 4.74 Å². The molecule has 0 aromatic heterocycles. The Labute approximate surface area is 149 Å². The van der Waals surface area contributed by atoms with Gasteiger partial charge < -0.3 is 10.1 Å². The average Bonchev–Trinajstić information content (AvgIpc) is 3.16. The van der Waals surface area contributed by atoms with E-state index >= 15 is 0 Å². The van der Waals surface area contributed by atoms with Crippen LogP contribution >= 0.6 is 0 Å². The van der Waals surface area contributed by atoms with Gasteiger partial charge in [0.05, 0.1) is 17.6 Å². The zero-order chi connectivity index (χ0) is 18.0. The molecule has 1 unspecified atom stereocenters. The molecule has 2 aliphatic rings. The number of methoxy groups -OCH3 is 1. The molecular formula is C18H26N2O4S. The smallest absolute Gasteiger partial charge is 0.337 e. The predicted molar refractivity (Wildman–Crippen MR) is 95.0 cm³/mol. The largest absolute Gasteiger partial charge is 0.465 e. The number of esters is 1. The summed E-state index contributed by atoms with van der Waals surface area (Å²) in [4.78, 5) is 11.9. The second-order valence-corrected chi connectivity index (χ2v) is 8.82. The maximum Gasteiger partial charge on any atom is 0.337 e. The first-order valence-electron chi connectivity index (χ1n) is 8.86. The van der Waals surface area contributed by atoms with E-state index in [1.165, 1.54) is 26.0 Å². The predicted octanol–water partition coefficient (Wildman–Crippen LogP) is 1.93. The first kappa shape index (κ1) is 18.4. The number of carbonyl (C=O) groups excluding carboxylic acids is 1. The Kier molecular flexibility index (Phi) is 5.46. The highest BCUT2D eigenvalue weighted by Gasteiger charge is 2.34. The van der Waals surface area contributed by atoms with Gasteiger partial charge in [0, 0.05) is 19.1 Å². The monoisotopic (exact) mass is 366 g/mol. The van der Waals surface area contributed by atoms with Gasteiger partial charge in [-0.2, -0.15) is 4.31 Å². The Balaban J connectivity index is 1.77. The summed E-state index contributed by atoms with van der Waals surface area (Å²) in [6.45, 7) is 3.89. The summed E-state index contributed by atoms with van der Waals surface area (Å²) in [6.07, 6.45) is 4.17. The Morgan fingerprint density at radius 1 is 1.24 bits per heavy atom. The molecule has 1 N–H and O–H groups in total. The molecule has 138 valence electrons. The fourth-order valence-corrected chi connectivity index (χ4v) is 5.61. The van der Waals surface area contributed by atoms with Crippen LogP contribution in [0.25, 0.3) is 0 Å². The molecule has 2 heterocycles. The van der Waals surface area contributed by atoms with Crippen molar-refractivity contribution in [2.75, 3.05) is 26.7 Å². The van der Waals surface area contributed by atoms with Gasteiger partial charge >= 0.3 is 5.97 Å². The van der Waals surface area contributed by atoms with Gasteiger partial charge in [-0.25, -0.2) is 13.2 Å². The van der Waals surface area contributed by atoms with Gasteiger partial charge in [0.25, 0.3) is 0 Å². The van der Waals surface area contributed by atoms with Gasteiger partial charge in [-0.15, -0.1) is 0 Å². The van der Waals surface area contributed by atoms with Crippen LogP contribution in [0, 0.1) is 12.8 Å². The maximum absolute atomic E-state index is 13.1. The summed E-state index contributed by atoms with van der Waals surface area (Å²) < 4.78 is 32.4. The fourth-order valence-electron chi connectivity index (χ4n) is 3.89. The number of nitrogens with one attached hydrogen (secondary N) is 1. The van der Waals surface area contributed by atoms with Gasteiger partial charge in [-0.1, -0.05) is 6.07 Å². The van der Waals surface area contributed by atoms with Gasteiger partial charge in [0.2, 0.25) is 10.0 Å². The number of benzene rings is 1. The van der Waals surface area contributed by atoms with Crippen molar-refractivity contribution in [2.45, 2.75) is 43.5 Å². The molecule has 0 saturated carbocycles. The molecule has 1 aromatic carbocycles. The topological polar surface area (TPSA) is 75.7 Å². The average molecular weight is 366 g/mol.